The smallest absolute Gasteiger partial charge is 0.162 e. The number of benzene rings is 2. The second-order valence-electron chi connectivity index (χ2n) is 8.54. The highest BCUT2D eigenvalue weighted by Gasteiger charge is 2.37. The van der Waals surface area contributed by atoms with E-state index in [2.05, 4.69) is 43.1 Å². The van der Waals surface area contributed by atoms with Crippen LogP contribution in [-0.2, 0) is 16.7 Å². The Bertz CT molecular complexity index is 1370. The number of aromatic nitrogens is 4. The summed E-state index contributed by atoms with van der Waals surface area (Å²) in [5, 5.41) is 12.9. The van der Waals surface area contributed by atoms with E-state index in [4.69, 9.17) is 4.74 Å². The number of halogens is 3. The highest BCUT2D eigenvalue weighted by Crippen LogP contribution is 2.44. The Kier molecular flexibility index (Phi) is 5.01. The van der Waals surface area contributed by atoms with Gasteiger partial charge in [0.05, 0.1) is 29.0 Å². The van der Waals surface area contributed by atoms with Crippen LogP contribution in [0.4, 0.5) is 14.5 Å². The average molecular weight is 549 g/mol. The molecule has 3 heterocycles. The van der Waals surface area contributed by atoms with Crippen molar-refractivity contribution in [1.29, 1.82) is 0 Å². The first-order valence-corrected chi connectivity index (χ1v) is 11.3. The number of rotatable bonds is 4. The molecule has 0 saturated carbocycles. The first-order valence-electron chi connectivity index (χ1n) is 10.2. The number of fused-ring (bicyclic) bond motifs is 4. The van der Waals surface area contributed by atoms with Crippen LogP contribution in [-0.4, -0.2) is 33.5 Å². The molecule has 0 fully saturated rings. The van der Waals surface area contributed by atoms with Gasteiger partial charge in [0.15, 0.2) is 5.82 Å². The largest absolute Gasteiger partial charge is 0.384 e. The summed E-state index contributed by atoms with van der Waals surface area (Å²) in [6, 6.07) is 4.33. The summed E-state index contributed by atoms with van der Waals surface area (Å²) in [5.41, 5.74) is 3.08. The van der Waals surface area contributed by atoms with Gasteiger partial charge in [-0.3, -0.25) is 4.57 Å². The Morgan fingerprint density at radius 3 is 2.72 bits per heavy atom. The molecule has 2 N–H and O–H groups in total. The van der Waals surface area contributed by atoms with Gasteiger partial charge in [-0.25, -0.2) is 8.78 Å². The summed E-state index contributed by atoms with van der Waals surface area (Å²) in [4.78, 5) is 3.18. The molecule has 0 aliphatic carbocycles. The lowest BCUT2D eigenvalue weighted by Crippen LogP contribution is -2.36. The Morgan fingerprint density at radius 1 is 1.19 bits per heavy atom. The molecule has 2 aromatic carbocycles. The van der Waals surface area contributed by atoms with Gasteiger partial charge >= 0.3 is 0 Å². The van der Waals surface area contributed by atoms with Crippen molar-refractivity contribution in [2.45, 2.75) is 32.7 Å². The van der Waals surface area contributed by atoms with Crippen LogP contribution in [0, 0.1) is 22.1 Å². The summed E-state index contributed by atoms with van der Waals surface area (Å²) in [6.45, 7) is 6.30. The number of ether oxygens (including phenoxy) is 1. The fourth-order valence-corrected chi connectivity index (χ4v) is 5.13. The van der Waals surface area contributed by atoms with E-state index >= 15 is 4.39 Å². The van der Waals surface area contributed by atoms with Crippen molar-refractivity contribution < 1.29 is 13.5 Å². The summed E-state index contributed by atoms with van der Waals surface area (Å²) in [5.74, 6) is 0.635. The SMILES string of the molecule is COCCc1nnc2n1-c1c(cc(F)c(-c3cc(F)cc4c(I)c[nH]c34)c1C)NC2(C)C. The van der Waals surface area contributed by atoms with Crippen molar-refractivity contribution >= 4 is 39.2 Å². The van der Waals surface area contributed by atoms with E-state index in [0.29, 0.717) is 40.9 Å². The predicted molar refractivity (Wildman–Crippen MR) is 128 cm³/mol. The Labute approximate surface area is 197 Å². The summed E-state index contributed by atoms with van der Waals surface area (Å²) in [7, 11) is 1.64. The van der Waals surface area contributed by atoms with Crippen molar-refractivity contribution in [2.24, 2.45) is 0 Å². The monoisotopic (exact) mass is 549 g/mol. The van der Waals surface area contributed by atoms with Gasteiger partial charge in [0.25, 0.3) is 0 Å². The fourth-order valence-electron chi connectivity index (χ4n) is 4.55. The fraction of sp³-hybridized carbons (Fsp3) is 0.304. The summed E-state index contributed by atoms with van der Waals surface area (Å²) in [6.07, 6.45) is 2.36. The molecular formula is C23H22F2IN5O. The third-order valence-electron chi connectivity index (χ3n) is 5.96. The van der Waals surface area contributed by atoms with Gasteiger partial charge in [-0.15, -0.1) is 10.2 Å². The number of methoxy groups -OCH3 is 1. The van der Waals surface area contributed by atoms with Crippen molar-refractivity contribution in [3.8, 4) is 16.8 Å². The third kappa shape index (κ3) is 3.13. The van der Waals surface area contributed by atoms with Gasteiger partial charge in [0, 0.05) is 39.8 Å². The summed E-state index contributed by atoms with van der Waals surface area (Å²) < 4.78 is 38.3. The number of H-pyrrole nitrogens is 1. The van der Waals surface area contributed by atoms with E-state index in [1.807, 2.05) is 25.3 Å². The maximum absolute atomic E-state index is 15.6. The Balaban J connectivity index is 1.82. The zero-order chi connectivity index (χ0) is 22.8. The Morgan fingerprint density at radius 2 is 1.97 bits per heavy atom. The zero-order valence-electron chi connectivity index (χ0n) is 18.1. The molecule has 5 rings (SSSR count). The molecule has 6 nitrogen and oxygen atoms in total. The normalized spacial score (nSPS) is 14.3. The quantitative estimate of drug-likeness (QED) is 0.332. The number of anilines is 1. The van der Waals surface area contributed by atoms with Crippen LogP contribution >= 0.6 is 22.6 Å². The maximum atomic E-state index is 15.6. The number of nitrogens with one attached hydrogen (secondary N) is 2. The van der Waals surface area contributed by atoms with Crippen LogP contribution < -0.4 is 5.32 Å². The molecule has 0 unspecified atom stereocenters. The van der Waals surface area contributed by atoms with Crippen molar-refractivity contribution in [1.82, 2.24) is 19.7 Å². The third-order valence-corrected chi connectivity index (χ3v) is 6.85. The highest BCUT2D eigenvalue weighted by molar-refractivity contribution is 14.1. The van der Waals surface area contributed by atoms with Gasteiger partial charge < -0.3 is 15.0 Å². The topological polar surface area (TPSA) is 67.8 Å². The molecule has 0 bridgehead atoms. The standard InChI is InChI=1S/C23H22F2IN5O/c1-11-19(14-8-12(24)7-13-16(26)10-27-20(13)14)15(25)9-17-21(11)31-18(5-6-32-4)29-30-22(31)23(2,3)28-17/h7-10,27-28H,5-6H2,1-4H3. The highest BCUT2D eigenvalue weighted by atomic mass is 127. The van der Waals surface area contributed by atoms with E-state index in [-0.39, 0.29) is 0 Å². The molecular weight excluding hydrogens is 527 g/mol. The van der Waals surface area contributed by atoms with E-state index in [1.165, 1.54) is 18.2 Å². The van der Waals surface area contributed by atoms with Crippen LogP contribution in [0.2, 0.25) is 0 Å². The molecule has 166 valence electrons. The number of nitrogens with zero attached hydrogens (tertiary/aromatic N) is 3. The minimum Gasteiger partial charge on any atom is -0.384 e. The van der Waals surface area contributed by atoms with Crippen molar-refractivity contribution in [2.75, 3.05) is 19.0 Å². The van der Waals surface area contributed by atoms with Crippen LogP contribution in [0.25, 0.3) is 27.7 Å². The molecule has 0 atom stereocenters. The molecule has 0 amide bonds. The van der Waals surface area contributed by atoms with Crippen LogP contribution in [0.5, 0.6) is 0 Å². The number of aromatic amines is 1. The molecule has 4 aromatic rings. The second kappa shape index (κ2) is 7.51. The molecule has 0 saturated heterocycles. The Hall–Kier alpha value is -2.53. The van der Waals surface area contributed by atoms with Gasteiger partial charge in [-0.2, -0.15) is 0 Å². The van der Waals surface area contributed by atoms with Crippen LogP contribution in [0.3, 0.4) is 0 Å². The van der Waals surface area contributed by atoms with E-state index in [9.17, 15) is 4.39 Å². The minimum atomic E-state index is -0.548. The lowest BCUT2D eigenvalue weighted by Gasteiger charge is -2.35. The molecule has 1 aliphatic rings. The maximum Gasteiger partial charge on any atom is 0.162 e. The molecule has 9 heteroatoms. The predicted octanol–water partition coefficient (Wildman–Crippen LogP) is 5.46. The van der Waals surface area contributed by atoms with E-state index < -0.39 is 17.2 Å². The first-order chi connectivity index (χ1) is 15.2. The van der Waals surface area contributed by atoms with Crippen molar-refractivity contribution in [3.05, 3.63) is 56.8 Å². The van der Waals surface area contributed by atoms with Gasteiger partial charge in [-0.1, -0.05) is 0 Å². The number of hydrogen-bond acceptors (Lipinski definition) is 4. The van der Waals surface area contributed by atoms with Gasteiger partial charge in [-0.05, 0) is 67.1 Å². The van der Waals surface area contributed by atoms with Crippen LogP contribution in [0.1, 0.15) is 31.1 Å². The summed E-state index contributed by atoms with van der Waals surface area (Å²) >= 11 is 2.14. The van der Waals surface area contributed by atoms with E-state index in [1.54, 1.807) is 13.3 Å². The lowest BCUT2D eigenvalue weighted by molar-refractivity contribution is 0.200. The van der Waals surface area contributed by atoms with Crippen molar-refractivity contribution in [3.63, 3.8) is 0 Å². The molecule has 1 aliphatic heterocycles. The van der Waals surface area contributed by atoms with Gasteiger partial charge in [0.1, 0.15) is 17.5 Å². The average Bonchev–Trinajstić information content (AvgIpc) is 3.30. The molecule has 32 heavy (non-hydrogen) atoms. The van der Waals surface area contributed by atoms with Crippen LogP contribution in [0.15, 0.2) is 24.4 Å². The minimum absolute atomic E-state index is 0.352. The molecule has 2 aromatic heterocycles. The second-order valence-corrected chi connectivity index (χ2v) is 9.70. The zero-order valence-corrected chi connectivity index (χ0v) is 20.3. The van der Waals surface area contributed by atoms with Gasteiger partial charge in [0.2, 0.25) is 0 Å². The lowest BCUT2D eigenvalue weighted by atomic mass is 9.92. The molecule has 0 radical (unpaired) electrons. The van der Waals surface area contributed by atoms with E-state index in [0.717, 1.165) is 26.3 Å². The molecule has 0 spiro atoms. The number of hydrogen-bond donors (Lipinski definition) is 2. The first kappa shape index (κ1) is 21.3.